The lowest BCUT2D eigenvalue weighted by Crippen LogP contribution is -2.10. The Bertz CT molecular complexity index is 1170. The number of alkyl halides is 3. The van der Waals surface area contributed by atoms with Crippen molar-refractivity contribution in [3.63, 3.8) is 0 Å². The first-order chi connectivity index (χ1) is 13.9. The number of benzene rings is 2. The van der Waals surface area contributed by atoms with Crippen molar-refractivity contribution in [2.45, 2.75) is 6.18 Å². The number of halogens is 3. The van der Waals surface area contributed by atoms with Crippen LogP contribution >= 0.6 is 0 Å². The zero-order valence-corrected chi connectivity index (χ0v) is 14.9. The Hall–Kier alpha value is -3.88. The van der Waals surface area contributed by atoms with Crippen molar-refractivity contribution >= 4 is 39.6 Å². The van der Waals surface area contributed by atoms with Gasteiger partial charge in [-0.15, -0.1) is 0 Å². The predicted octanol–water partition coefficient (Wildman–Crippen LogP) is 5.11. The second-order valence-electron chi connectivity index (χ2n) is 6.15. The summed E-state index contributed by atoms with van der Waals surface area (Å²) in [5, 5.41) is 6.62. The van der Waals surface area contributed by atoms with Gasteiger partial charge in [0.05, 0.1) is 16.8 Å². The van der Waals surface area contributed by atoms with E-state index in [2.05, 4.69) is 25.6 Å². The number of nitrogen functional groups attached to an aromatic ring is 1. The largest absolute Gasteiger partial charge is 0.418 e. The SMILES string of the molecule is Nc1c(Nc2ccccc2C(F)(F)F)ncnc1Nc1cccc2ncccc12. The van der Waals surface area contributed by atoms with Gasteiger partial charge in [0.25, 0.3) is 0 Å². The third kappa shape index (κ3) is 3.75. The number of nitrogens with zero attached hydrogens (tertiary/aromatic N) is 3. The van der Waals surface area contributed by atoms with Crippen LogP contribution in [-0.4, -0.2) is 15.0 Å². The van der Waals surface area contributed by atoms with Crippen molar-refractivity contribution in [2.24, 2.45) is 0 Å². The van der Waals surface area contributed by atoms with Crippen molar-refractivity contribution in [2.75, 3.05) is 16.4 Å². The minimum absolute atomic E-state index is 0.0672. The summed E-state index contributed by atoms with van der Waals surface area (Å²) >= 11 is 0. The maximum absolute atomic E-state index is 13.2. The molecular formula is C20H15F3N6. The van der Waals surface area contributed by atoms with E-state index in [0.29, 0.717) is 5.69 Å². The average molecular weight is 396 g/mol. The molecule has 4 rings (SSSR count). The lowest BCUT2D eigenvalue weighted by molar-refractivity contribution is -0.136. The molecule has 0 saturated carbocycles. The zero-order chi connectivity index (χ0) is 20.4. The van der Waals surface area contributed by atoms with Gasteiger partial charge in [0.1, 0.15) is 12.0 Å². The molecule has 4 N–H and O–H groups in total. The van der Waals surface area contributed by atoms with Gasteiger partial charge in [-0.1, -0.05) is 18.2 Å². The van der Waals surface area contributed by atoms with Crippen LogP contribution in [0.3, 0.4) is 0 Å². The van der Waals surface area contributed by atoms with E-state index in [1.165, 1.54) is 24.5 Å². The monoisotopic (exact) mass is 396 g/mol. The molecule has 0 aliphatic rings. The molecule has 0 spiro atoms. The Morgan fingerprint density at radius 3 is 2.21 bits per heavy atom. The summed E-state index contributed by atoms with van der Waals surface area (Å²) in [5.74, 6) is 0.334. The average Bonchev–Trinajstić information content (AvgIpc) is 2.71. The fourth-order valence-corrected chi connectivity index (χ4v) is 2.90. The number of nitrogens with one attached hydrogen (secondary N) is 2. The Balaban J connectivity index is 1.69. The minimum atomic E-state index is -4.51. The van der Waals surface area contributed by atoms with E-state index in [-0.39, 0.29) is 23.0 Å². The van der Waals surface area contributed by atoms with Crippen LogP contribution < -0.4 is 16.4 Å². The van der Waals surface area contributed by atoms with Crippen molar-refractivity contribution in [3.8, 4) is 0 Å². The number of hydrogen-bond acceptors (Lipinski definition) is 6. The van der Waals surface area contributed by atoms with E-state index >= 15 is 0 Å². The second-order valence-corrected chi connectivity index (χ2v) is 6.15. The highest BCUT2D eigenvalue weighted by Gasteiger charge is 2.33. The molecule has 6 nitrogen and oxygen atoms in total. The van der Waals surface area contributed by atoms with Crippen molar-refractivity contribution in [1.82, 2.24) is 15.0 Å². The van der Waals surface area contributed by atoms with Crippen LogP contribution in [0.1, 0.15) is 5.56 Å². The molecule has 29 heavy (non-hydrogen) atoms. The quantitative estimate of drug-likeness (QED) is 0.444. The van der Waals surface area contributed by atoms with E-state index in [9.17, 15) is 13.2 Å². The van der Waals surface area contributed by atoms with Gasteiger partial charge < -0.3 is 16.4 Å². The first-order valence-electron chi connectivity index (χ1n) is 8.58. The summed E-state index contributed by atoms with van der Waals surface area (Å²) in [6.07, 6.45) is -1.60. The summed E-state index contributed by atoms with van der Waals surface area (Å²) in [4.78, 5) is 12.4. The fraction of sp³-hybridized carbons (Fsp3) is 0.0500. The van der Waals surface area contributed by atoms with E-state index in [0.717, 1.165) is 17.0 Å². The van der Waals surface area contributed by atoms with Crippen LogP contribution in [0.15, 0.2) is 67.1 Å². The maximum Gasteiger partial charge on any atom is 0.418 e. The summed E-state index contributed by atoms with van der Waals surface area (Å²) in [5.41, 5.74) is 6.75. The van der Waals surface area contributed by atoms with Crippen molar-refractivity contribution in [1.29, 1.82) is 0 Å². The molecule has 0 fully saturated rings. The van der Waals surface area contributed by atoms with Gasteiger partial charge in [-0.05, 0) is 36.4 Å². The van der Waals surface area contributed by atoms with E-state index < -0.39 is 11.7 Å². The number of rotatable bonds is 4. The number of pyridine rings is 1. The molecule has 146 valence electrons. The number of hydrogen-bond donors (Lipinski definition) is 3. The van der Waals surface area contributed by atoms with Crippen LogP contribution in [0.4, 0.5) is 41.9 Å². The standard InChI is InChI=1S/C20H15F3N6/c21-20(22,23)13-6-1-2-7-16(13)29-19-17(24)18(26-11-27-19)28-15-9-3-8-14-12(15)5-4-10-25-14/h1-11H,24H2,(H2,26,27,28,29). The molecule has 2 aromatic heterocycles. The van der Waals surface area contributed by atoms with Gasteiger partial charge in [0, 0.05) is 17.3 Å². The van der Waals surface area contributed by atoms with E-state index in [1.807, 2.05) is 24.3 Å². The number of anilines is 5. The number of aromatic nitrogens is 3. The molecule has 0 aliphatic heterocycles. The topological polar surface area (TPSA) is 88.8 Å². The number of fused-ring (bicyclic) bond motifs is 1. The summed E-state index contributed by atoms with van der Waals surface area (Å²) in [6, 6.07) is 14.3. The lowest BCUT2D eigenvalue weighted by atomic mass is 10.1. The fourth-order valence-electron chi connectivity index (χ4n) is 2.90. The molecule has 2 heterocycles. The normalized spacial score (nSPS) is 11.4. The molecule has 0 aliphatic carbocycles. The maximum atomic E-state index is 13.2. The molecule has 0 amide bonds. The molecule has 2 aromatic carbocycles. The summed E-state index contributed by atoms with van der Waals surface area (Å²) < 4.78 is 39.7. The Morgan fingerprint density at radius 1 is 0.759 bits per heavy atom. The first-order valence-corrected chi connectivity index (χ1v) is 8.58. The molecule has 0 bridgehead atoms. The van der Waals surface area contributed by atoms with Crippen molar-refractivity contribution in [3.05, 3.63) is 72.7 Å². The van der Waals surface area contributed by atoms with Crippen LogP contribution in [-0.2, 0) is 6.18 Å². The molecular weight excluding hydrogens is 381 g/mol. The van der Waals surface area contributed by atoms with Gasteiger partial charge in [-0.2, -0.15) is 13.2 Å². The van der Waals surface area contributed by atoms with Crippen LogP contribution in [0, 0.1) is 0 Å². The van der Waals surface area contributed by atoms with Crippen LogP contribution in [0.5, 0.6) is 0 Å². The predicted molar refractivity (Wildman–Crippen MR) is 106 cm³/mol. The molecule has 0 unspecified atom stereocenters. The van der Waals surface area contributed by atoms with E-state index in [4.69, 9.17) is 5.73 Å². The molecule has 0 radical (unpaired) electrons. The number of nitrogens with two attached hydrogens (primary N) is 1. The van der Waals surface area contributed by atoms with Gasteiger partial charge in [0.2, 0.25) is 0 Å². The smallest absolute Gasteiger partial charge is 0.393 e. The third-order valence-electron chi connectivity index (χ3n) is 4.27. The molecule has 0 atom stereocenters. The third-order valence-corrected chi connectivity index (χ3v) is 4.27. The zero-order valence-electron chi connectivity index (χ0n) is 14.9. The van der Waals surface area contributed by atoms with Crippen molar-refractivity contribution < 1.29 is 13.2 Å². The summed E-state index contributed by atoms with van der Waals surface area (Å²) in [6.45, 7) is 0. The Kier molecular flexibility index (Phi) is 4.63. The highest BCUT2D eigenvalue weighted by atomic mass is 19.4. The lowest BCUT2D eigenvalue weighted by Gasteiger charge is -2.16. The minimum Gasteiger partial charge on any atom is -0.393 e. The highest BCUT2D eigenvalue weighted by molar-refractivity contribution is 5.94. The van der Waals surface area contributed by atoms with Crippen LogP contribution in [0.25, 0.3) is 10.9 Å². The van der Waals surface area contributed by atoms with Crippen LogP contribution in [0.2, 0.25) is 0 Å². The van der Waals surface area contributed by atoms with Gasteiger partial charge >= 0.3 is 6.18 Å². The second kappa shape index (κ2) is 7.27. The van der Waals surface area contributed by atoms with Gasteiger partial charge in [-0.25, -0.2) is 9.97 Å². The van der Waals surface area contributed by atoms with Gasteiger partial charge in [0.15, 0.2) is 11.6 Å². The molecule has 9 heteroatoms. The van der Waals surface area contributed by atoms with E-state index in [1.54, 1.807) is 12.3 Å². The molecule has 4 aromatic rings. The Morgan fingerprint density at radius 2 is 1.45 bits per heavy atom. The highest BCUT2D eigenvalue weighted by Crippen LogP contribution is 2.37. The van der Waals surface area contributed by atoms with Gasteiger partial charge in [-0.3, -0.25) is 4.98 Å². The molecule has 0 saturated heterocycles. The first kappa shape index (κ1) is 18.5. The number of para-hydroxylation sites is 1. The summed E-state index contributed by atoms with van der Waals surface area (Å²) in [7, 11) is 0. The Labute approximate surface area is 163 Å².